The lowest BCUT2D eigenvalue weighted by Gasteiger charge is -2.10. The lowest BCUT2D eigenvalue weighted by atomic mass is 10.2. The van der Waals surface area contributed by atoms with E-state index in [9.17, 15) is 4.79 Å². The highest BCUT2D eigenvalue weighted by Crippen LogP contribution is 2.18. The fourth-order valence-corrected chi connectivity index (χ4v) is 2.50. The Bertz CT molecular complexity index is 582. The molecule has 0 fully saturated rings. The zero-order chi connectivity index (χ0) is 14.5. The molecule has 0 aliphatic heterocycles. The minimum Gasteiger partial charge on any atom is -0.323 e. The van der Waals surface area contributed by atoms with Gasteiger partial charge in [-0.05, 0) is 25.3 Å². The number of nitrogens with one attached hydrogen (secondary N) is 1. The van der Waals surface area contributed by atoms with E-state index in [0.717, 1.165) is 22.8 Å². The van der Waals surface area contributed by atoms with Crippen LogP contribution in [0.25, 0.3) is 5.69 Å². The van der Waals surface area contributed by atoms with Gasteiger partial charge in [-0.25, -0.2) is 4.68 Å². The van der Waals surface area contributed by atoms with Gasteiger partial charge < -0.3 is 5.32 Å². The van der Waals surface area contributed by atoms with Crippen molar-refractivity contribution in [3.8, 4) is 5.69 Å². The molecule has 1 N–H and O–H groups in total. The van der Waals surface area contributed by atoms with Gasteiger partial charge in [0.15, 0.2) is 0 Å². The SMILES string of the molecule is CSCC(C)C(=O)Nc1cnn(-c2cccnc2)c1C. The molecule has 106 valence electrons. The van der Waals surface area contributed by atoms with E-state index in [2.05, 4.69) is 15.4 Å². The van der Waals surface area contributed by atoms with Crippen molar-refractivity contribution in [1.82, 2.24) is 14.8 Å². The lowest BCUT2D eigenvalue weighted by molar-refractivity contribution is -0.118. The van der Waals surface area contributed by atoms with E-state index in [4.69, 9.17) is 0 Å². The molecule has 5 nitrogen and oxygen atoms in total. The van der Waals surface area contributed by atoms with E-state index in [0.29, 0.717) is 0 Å². The molecule has 0 radical (unpaired) electrons. The van der Waals surface area contributed by atoms with E-state index >= 15 is 0 Å². The van der Waals surface area contributed by atoms with Crippen molar-refractivity contribution in [3.63, 3.8) is 0 Å². The second-order valence-corrected chi connectivity index (χ2v) is 5.52. The summed E-state index contributed by atoms with van der Waals surface area (Å²) in [4.78, 5) is 16.1. The summed E-state index contributed by atoms with van der Waals surface area (Å²) in [6.07, 6.45) is 7.12. The van der Waals surface area contributed by atoms with Gasteiger partial charge in [0.2, 0.25) is 5.91 Å². The van der Waals surface area contributed by atoms with E-state index in [-0.39, 0.29) is 11.8 Å². The van der Waals surface area contributed by atoms with Crippen LogP contribution in [0.3, 0.4) is 0 Å². The lowest BCUT2D eigenvalue weighted by Crippen LogP contribution is -2.22. The molecule has 1 atom stereocenters. The zero-order valence-electron chi connectivity index (χ0n) is 11.8. The Morgan fingerprint density at radius 1 is 1.50 bits per heavy atom. The van der Waals surface area contributed by atoms with E-state index < -0.39 is 0 Å². The highest BCUT2D eigenvalue weighted by Gasteiger charge is 2.15. The molecule has 0 aliphatic rings. The third kappa shape index (κ3) is 3.19. The molecule has 2 rings (SSSR count). The van der Waals surface area contributed by atoms with Gasteiger partial charge in [-0.2, -0.15) is 16.9 Å². The second-order valence-electron chi connectivity index (χ2n) is 4.61. The Hall–Kier alpha value is -1.82. The first-order chi connectivity index (χ1) is 9.63. The predicted molar refractivity (Wildman–Crippen MR) is 82.3 cm³/mol. The van der Waals surface area contributed by atoms with Crippen molar-refractivity contribution in [2.24, 2.45) is 5.92 Å². The molecule has 0 aromatic carbocycles. The molecule has 2 aromatic rings. The minimum atomic E-state index is -0.0221. The molecule has 0 bridgehead atoms. The summed E-state index contributed by atoms with van der Waals surface area (Å²) in [5.74, 6) is 0.807. The number of amides is 1. The van der Waals surface area contributed by atoms with Crippen LogP contribution in [0, 0.1) is 12.8 Å². The van der Waals surface area contributed by atoms with Gasteiger partial charge in [-0.1, -0.05) is 6.92 Å². The van der Waals surface area contributed by atoms with Gasteiger partial charge in [-0.15, -0.1) is 0 Å². The van der Waals surface area contributed by atoms with Gasteiger partial charge in [0.1, 0.15) is 0 Å². The summed E-state index contributed by atoms with van der Waals surface area (Å²) in [6, 6.07) is 3.78. The highest BCUT2D eigenvalue weighted by molar-refractivity contribution is 7.98. The molecule has 20 heavy (non-hydrogen) atoms. The van der Waals surface area contributed by atoms with Gasteiger partial charge in [0.25, 0.3) is 0 Å². The Labute approximate surface area is 122 Å². The smallest absolute Gasteiger partial charge is 0.228 e. The van der Waals surface area contributed by atoms with Crippen molar-refractivity contribution >= 4 is 23.4 Å². The normalized spacial score (nSPS) is 12.2. The third-order valence-corrected chi connectivity index (χ3v) is 3.86. The maximum Gasteiger partial charge on any atom is 0.228 e. The Kier molecular flexibility index (Phi) is 4.79. The number of anilines is 1. The van der Waals surface area contributed by atoms with Crippen LogP contribution in [-0.2, 0) is 4.79 Å². The molecule has 0 spiro atoms. The minimum absolute atomic E-state index is 0.0215. The van der Waals surface area contributed by atoms with E-state index in [1.807, 2.05) is 32.2 Å². The summed E-state index contributed by atoms with van der Waals surface area (Å²) >= 11 is 1.66. The summed E-state index contributed by atoms with van der Waals surface area (Å²) < 4.78 is 1.77. The standard InChI is InChI=1S/C14H18N4OS/c1-10(9-20-3)14(19)17-13-8-16-18(11(13)2)12-5-4-6-15-7-12/h4-8,10H,9H2,1-3H3,(H,17,19). The van der Waals surface area contributed by atoms with Crippen LogP contribution in [0.1, 0.15) is 12.6 Å². The molecule has 1 unspecified atom stereocenters. The largest absolute Gasteiger partial charge is 0.323 e. The van der Waals surface area contributed by atoms with Crippen LogP contribution in [0.5, 0.6) is 0 Å². The van der Waals surface area contributed by atoms with Crippen LogP contribution < -0.4 is 5.32 Å². The molecule has 0 saturated carbocycles. The summed E-state index contributed by atoms with van der Waals surface area (Å²) in [7, 11) is 0. The molecule has 0 saturated heterocycles. The first kappa shape index (κ1) is 14.6. The van der Waals surface area contributed by atoms with Gasteiger partial charge in [0, 0.05) is 17.9 Å². The van der Waals surface area contributed by atoms with Crippen LogP contribution in [0.2, 0.25) is 0 Å². The first-order valence-electron chi connectivity index (χ1n) is 6.38. The average molecular weight is 290 g/mol. The average Bonchev–Trinajstić information content (AvgIpc) is 2.81. The molecule has 1 amide bonds. The van der Waals surface area contributed by atoms with Crippen molar-refractivity contribution in [1.29, 1.82) is 0 Å². The number of nitrogens with zero attached hydrogens (tertiary/aromatic N) is 3. The maximum atomic E-state index is 12.0. The van der Waals surface area contributed by atoms with Gasteiger partial charge >= 0.3 is 0 Å². The van der Waals surface area contributed by atoms with Gasteiger partial charge in [0.05, 0.1) is 29.5 Å². The highest BCUT2D eigenvalue weighted by atomic mass is 32.2. The molecule has 2 heterocycles. The molecule has 0 aliphatic carbocycles. The van der Waals surface area contributed by atoms with E-state index in [1.165, 1.54) is 0 Å². The van der Waals surface area contributed by atoms with Crippen molar-refractivity contribution in [2.75, 3.05) is 17.3 Å². The Morgan fingerprint density at radius 3 is 2.95 bits per heavy atom. The third-order valence-electron chi connectivity index (χ3n) is 3.02. The monoisotopic (exact) mass is 290 g/mol. The number of aromatic nitrogens is 3. The Morgan fingerprint density at radius 2 is 2.30 bits per heavy atom. The number of hydrogen-bond acceptors (Lipinski definition) is 4. The first-order valence-corrected chi connectivity index (χ1v) is 7.77. The van der Waals surface area contributed by atoms with Gasteiger partial charge in [-0.3, -0.25) is 9.78 Å². The van der Waals surface area contributed by atoms with E-state index in [1.54, 1.807) is 35.0 Å². The summed E-state index contributed by atoms with van der Waals surface area (Å²) in [6.45, 7) is 3.85. The fourth-order valence-electron chi connectivity index (χ4n) is 1.85. The molecular weight excluding hydrogens is 272 g/mol. The second kappa shape index (κ2) is 6.56. The number of pyridine rings is 1. The van der Waals surface area contributed by atoms with Crippen molar-refractivity contribution in [3.05, 3.63) is 36.4 Å². The number of hydrogen-bond donors (Lipinski definition) is 1. The molecule has 6 heteroatoms. The predicted octanol–water partition coefficient (Wildman–Crippen LogP) is 2.51. The topological polar surface area (TPSA) is 59.8 Å². The van der Waals surface area contributed by atoms with Crippen LogP contribution in [0.4, 0.5) is 5.69 Å². The number of rotatable bonds is 5. The Balaban J connectivity index is 2.16. The fraction of sp³-hybridized carbons (Fsp3) is 0.357. The molecule has 2 aromatic heterocycles. The van der Waals surface area contributed by atoms with Crippen LogP contribution in [-0.4, -0.2) is 32.7 Å². The number of thioether (sulfide) groups is 1. The van der Waals surface area contributed by atoms with Crippen LogP contribution in [0.15, 0.2) is 30.7 Å². The summed E-state index contributed by atoms with van der Waals surface area (Å²) in [5.41, 5.74) is 2.51. The number of carbonyl (C=O) groups excluding carboxylic acids is 1. The van der Waals surface area contributed by atoms with Crippen molar-refractivity contribution < 1.29 is 4.79 Å². The maximum absolute atomic E-state index is 12.0. The molecular formula is C14H18N4OS. The van der Waals surface area contributed by atoms with Crippen molar-refractivity contribution in [2.45, 2.75) is 13.8 Å². The summed E-state index contributed by atoms with van der Waals surface area (Å²) in [5, 5.41) is 7.23. The zero-order valence-corrected chi connectivity index (χ0v) is 12.6. The quantitative estimate of drug-likeness (QED) is 0.919. The number of carbonyl (C=O) groups is 1. The van der Waals surface area contributed by atoms with Crippen LogP contribution >= 0.6 is 11.8 Å².